The van der Waals surface area contributed by atoms with E-state index in [1.54, 1.807) is 36.4 Å². The van der Waals surface area contributed by atoms with Crippen LogP contribution in [0.4, 0.5) is 11.4 Å². The molecule has 5 nitrogen and oxygen atoms in total. The van der Waals surface area contributed by atoms with E-state index in [0.717, 1.165) is 6.08 Å². The number of anilines is 2. The average Bonchev–Trinajstić information content (AvgIpc) is 2.49. The number of nitrogen functional groups attached to an aromatic ring is 1. The number of rotatable bonds is 5. The standard InChI is InChI=1S/C16H13ClN2O3/c17-11-7-5-10(6-8-11)15(20)9-14(16(21)22)19-13-4-2-1-3-12(13)18/h1-9,19H,18H2,(H,21,22)/p-1/b14-9+. The lowest BCUT2D eigenvalue weighted by Gasteiger charge is -2.13. The van der Waals surface area contributed by atoms with E-state index in [-0.39, 0.29) is 5.70 Å². The minimum absolute atomic E-state index is 0.311. The molecule has 0 spiro atoms. The Kier molecular flexibility index (Phi) is 4.80. The van der Waals surface area contributed by atoms with Crippen molar-refractivity contribution >= 4 is 34.7 Å². The highest BCUT2D eigenvalue weighted by Crippen LogP contribution is 2.19. The molecule has 3 N–H and O–H groups in total. The molecule has 0 aliphatic rings. The number of aliphatic carboxylic acids is 1. The Morgan fingerprint density at radius 3 is 2.32 bits per heavy atom. The van der Waals surface area contributed by atoms with Crippen LogP contribution in [0.25, 0.3) is 0 Å². The van der Waals surface area contributed by atoms with Gasteiger partial charge in [-0.3, -0.25) is 4.79 Å². The second-order valence-corrected chi connectivity index (χ2v) is 4.87. The molecule has 0 amide bonds. The second-order valence-electron chi connectivity index (χ2n) is 4.43. The van der Waals surface area contributed by atoms with Crippen molar-refractivity contribution < 1.29 is 14.7 Å². The van der Waals surface area contributed by atoms with Crippen LogP contribution in [0.3, 0.4) is 0 Å². The molecule has 0 atom stereocenters. The molecule has 2 rings (SSSR count). The normalized spacial score (nSPS) is 11.0. The van der Waals surface area contributed by atoms with Crippen molar-refractivity contribution in [2.75, 3.05) is 11.1 Å². The number of nitrogens with one attached hydrogen (secondary N) is 1. The van der Waals surface area contributed by atoms with E-state index in [1.807, 2.05) is 0 Å². The first-order valence-electron chi connectivity index (χ1n) is 6.32. The number of carboxylic acids is 1. The van der Waals surface area contributed by atoms with Crippen LogP contribution in [0.5, 0.6) is 0 Å². The van der Waals surface area contributed by atoms with Crippen molar-refractivity contribution in [1.29, 1.82) is 0 Å². The Morgan fingerprint density at radius 2 is 1.73 bits per heavy atom. The first kappa shape index (κ1) is 15.6. The number of halogens is 1. The topological polar surface area (TPSA) is 95.2 Å². The third-order valence-electron chi connectivity index (χ3n) is 2.85. The molecule has 0 radical (unpaired) electrons. The highest BCUT2D eigenvalue weighted by atomic mass is 35.5. The fraction of sp³-hybridized carbons (Fsp3) is 0. The number of benzene rings is 2. The van der Waals surface area contributed by atoms with Gasteiger partial charge in [0.05, 0.1) is 23.0 Å². The smallest absolute Gasteiger partial charge is 0.187 e. The molecule has 0 saturated carbocycles. The van der Waals surface area contributed by atoms with E-state index >= 15 is 0 Å². The number of carboxylic acid groups (broad SMARTS) is 1. The van der Waals surface area contributed by atoms with Crippen LogP contribution in [-0.4, -0.2) is 11.8 Å². The van der Waals surface area contributed by atoms with Gasteiger partial charge in [0, 0.05) is 16.7 Å². The van der Waals surface area contributed by atoms with Crippen molar-refractivity contribution in [2.24, 2.45) is 0 Å². The molecule has 0 fully saturated rings. The van der Waals surface area contributed by atoms with E-state index in [9.17, 15) is 14.7 Å². The van der Waals surface area contributed by atoms with Gasteiger partial charge in [-0.2, -0.15) is 0 Å². The van der Waals surface area contributed by atoms with E-state index in [4.69, 9.17) is 17.3 Å². The third kappa shape index (κ3) is 3.86. The Bertz CT molecular complexity index is 739. The molecule has 2 aromatic rings. The van der Waals surface area contributed by atoms with Gasteiger partial charge in [-0.1, -0.05) is 23.7 Å². The third-order valence-corrected chi connectivity index (χ3v) is 3.11. The minimum atomic E-state index is -1.51. The summed E-state index contributed by atoms with van der Waals surface area (Å²) in [4.78, 5) is 23.2. The van der Waals surface area contributed by atoms with Gasteiger partial charge in [0.2, 0.25) is 0 Å². The number of carbonyl (C=O) groups is 2. The summed E-state index contributed by atoms with van der Waals surface area (Å²) in [6, 6.07) is 12.7. The molecule has 2 aromatic carbocycles. The van der Waals surface area contributed by atoms with Crippen LogP contribution in [0.2, 0.25) is 5.02 Å². The van der Waals surface area contributed by atoms with Crippen molar-refractivity contribution in [3.05, 3.63) is 70.9 Å². The Balaban J connectivity index is 2.27. The van der Waals surface area contributed by atoms with Crippen LogP contribution < -0.4 is 16.2 Å². The summed E-state index contributed by atoms with van der Waals surface area (Å²) < 4.78 is 0. The van der Waals surface area contributed by atoms with Gasteiger partial charge in [-0.05, 0) is 36.4 Å². The van der Waals surface area contributed by atoms with E-state index in [1.165, 1.54) is 12.1 Å². The zero-order chi connectivity index (χ0) is 16.1. The Hall–Kier alpha value is -2.79. The number of nitrogens with two attached hydrogens (primary N) is 1. The summed E-state index contributed by atoms with van der Waals surface area (Å²) in [5.74, 6) is -2.00. The molecule has 0 saturated heterocycles. The fourth-order valence-electron chi connectivity index (χ4n) is 1.73. The number of hydrogen-bond acceptors (Lipinski definition) is 5. The molecular formula is C16H12ClN2O3-. The molecular weight excluding hydrogens is 304 g/mol. The van der Waals surface area contributed by atoms with E-state index in [2.05, 4.69) is 5.32 Å². The van der Waals surface area contributed by atoms with Gasteiger partial charge >= 0.3 is 0 Å². The Morgan fingerprint density at radius 1 is 1.09 bits per heavy atom. The molecule has 0 heterocycles. The molecule has 6 heteroatoms. The van der Waals surface area contributed by atoms with Gasteiger partial charge in [-0.15, -0.1) is 0 Å². The van der Waals surface area contributed by atoms with Gasteiger partial charge in [0.25, 0.3) is 0 Å². The lowest BCUT2D eigenvalue weighted by Crippen LogP contribution is -2.29. The zero-order valence-electron chi connectivity index (χ0n) is 11.4. The second kappa shape index (κ2) is 6.78. The van der Waals surface area contributed by atoms with Crippen LogP contribution >= 0.6 is 11.6 Å². The average molecular weight is 316 g/mol. The van der Waals surface area contributed by atoms with E-state index in [0.29, 0.717) is 22.0 Å². The predicted octanol–water partition coefficient (Wildman–Crippen LogP) is 1.85. The quantitative estimate of drug-likeness (QED) is 0.499. The number of ketones is 1. The van der Waals surface area contributed by atoms with Gasteiger partial charge < -0.3 is 21.0 Å². The van der Waals surface area contributed by atoms with Gasteiger partial charge in [-0.25, -0.2) is 0 Å². The minimum Gasteiger partial charge on any atom is -0.543 e. The molecule has 0 aliphatic heterocycles. The molecule has 22 heavy (non-hydrogen) atoms. The highest BCUT2D eigenvalue weighted by Gasteiger charge is 2.08. The summed E-state index contributed by atoms with van der Waals surface area (Å²) in [5, 5.41) is 14.2. The van der Waals surface area contributed by atoms with Crippen molar-refractivity contribution in [2.45, 2.75) is 0 Å². The van der Waals surface area contributed by atoms with Crippen LogP contribution in [0.1, 0.15) is 10.4 Å². The summed E-state index contributed by atoms with van der Waals surface area (Å²) in [5.41, 5.74) is 6.39. The molecule has 112 valence electrons. The number of carbonyl (C=O) groups excluding carboxylic acids is 2. The molecule has 0 unspecified atom stereocenters. The van der Waals surface area contributed by atoms with Crippen LogP contribution in [-0.2, 0) is 4.79 Å². The lowest BCUT2D eigenvalue weighted by atomic mass is 10.1. The summed E-state index contributed by atoms with van der Waals surface area (Å²) >= 11 is 5.74. The monoisotopic (exact) mass is 315 g/mol. The maximum atomic E-state index is 12.1. The van der Waals surface area contributed by atoms with E-state index < -0.39 is 11.8 Å². The van der Waals surface area contributed by atoms with Crippen LogP contribution in [0, 0.1) is 0 Å². The zero-order valence-corrected chi connectivity index (χ0v) is 12.1. The first-order chi connectivity index (χ1) is 10.5. The van der Waals surface area contributed by atoms with Gasteiger partial charge in [0.15, 0.2) is 5.78 Å². The summed E-state index contributed by atoms with van der Waals surface area (Å²) in [6.07, 6.45) is 0.949. The lowest BCUT2D eigenvalue weighted by molar-refractivity contribution is -0.299. The first-order valence-corrected chi connectivity index (χ1v) is 6.69. The number of hydrogen-bond donors (Lipinski definition) is 2. The SMILES string of the molecule is Nc1ccccc1N/C(=C/C(=O)c1ccc(Cl)cc1)C(=O)[O-]. The van der Waals surface area contributed by atoms with Crippen molar-refractivity contribution in [3.63, 3.8) is 0 Å². The number of para-hydroxylation sites is 2. The van der Waals surface area contributed by atoms with Crippen LogP contribution in [0.15, 0.2) is 60.3 Å². The largest absolute Gasteiger partial charge is 0.543 e. The predicted molar refractivity (Wildman–Crippen MR) is 83.3 cm³/mol. The fourth-order valence-corrected chi connectivity index (χ4v) is 1.86. The van der Waals surface area contributed by atoms with Crippen molar-refractivity contribution in [1.82, 2.24) is 0 Å². The van der Waals surface area contributed by atoms with Gasteiger partial charge in [0.1, 0.15) is 0 Å². The maximum absolute atomic E-state index is 12.1. The summed E-state index contributed by atoms with van der Waals surface area (Å²) in [6.45, 7) is 0. The molecule has 0 bridgehead atoms. The maximum Gasteiger partial charge on any atom is 0.187 e. The number of allylic oxidation sites excluding steroid dienone is 1. The Labute approximate surface area is 132 Å². The van der Waals surface area contributed by atoms with Crippen molar-refractivity contribution in [3.8, 4) is 0 Å². The molecule has 0 aromatic heterocycles. The highest BCUT2D eigenvalue weighted by molar-refractivity contribution is 6.30. The summed E-state index contributed by atoms with van der Waals surface area (Å²) in [7, 11) is 0. The molecule has 0 aliphatic carbocycles.